The van der Waals surface area contributed by atoms with E-state index >= 15 is 0 Å². The molecule has 3 nitrogen and oxygen atoms in total. The Bertz CT molecular complexity index is 396. The molecule has 1 saturated heterocycles. The molecule has 0 bridgehead atoms. The molecule has 1 heterocycles. The van der Waals surface area contributed by atoms with Crippen molar-refractivity contribution in [3.63, 3.8) is 0 Å². The van der Waals surface area contributed by atoms with Gasteiger partial charge in [-0.15, -0.1) is 0 Å². The van der Waals surface area contributed by atoms with Crippen molar-refractivity contribution < 1.29 is 4.74 Å². The van der Waals surface area contributed by atoms with Gasteiger partial charge in [0, 0.05) is 35.9 Å². The van der Waals surface area contributed by atoms with Crippen LogP contribution < -0.4 is 5.73 Å². The minimum atomic E-state index is 0.369. The first-order chi connectivity index (χ1) is 9.15. The predicted octanol–water partition coefficient (Wildman–Crippen LogP) is 2.79. The van der Waals surface area contributed by atoms with Crippen LogP contribution in [0.2, 0.25) is 0 Å². The van der Waals surface area contributed by atoms with E-state index in [0.717, 1.165) is 19.4 Å². The Balaban J connectivity index is 2.09. The standard InChI is InChI=1S/C15H23IN2O/c1-11(12-3-5-13(16)6-4-12)18-8-7-15(19-2)9-14(18)10-17/h3-6,11,14-15H,7-10,17H2,1-2H3. The molecule has 1 fully saturated rings. The molecule has 0 amide bonds. The van der Waals surface area contributed by atoms with E-state index in [1.54, 1.807) is 7.11 Å². The van der Waals surface area contributed by atoms with E-state index in [9.17, 15) is 0 Å². The van der Waals surface area contributed by atoms with Gasteiger partial charge < -0.3 is 10.5 Å². The zero-order chi connectivity index (χ0) is 13.8. The number of rotatable bonds is 4. The Hall–Kier alpha value is -0.170. The second-order valence-electron chi connectivity index (χ2n) is 5.24. The zero-order valence-corrected chi connectivity index (χ0v) is 13.8. The van der Waals surface area contributed by atoms with Crippen LogP contribution in [-0.4, -0.2) is 37.2 Å². The molecule has 0 aliphatic carbocycles. The number of nitrogens with two attached hydrogens (primary N) is 1. The topological polar surface area (TPSA) is 38.5 Å². The summed E-state index contributed by atoms with van der Waals surface area (Å²) in [4.78, 5) is 2.53. The van der Waals surface area contributed by atoms with E-state index in [-0.39, 0.29) is 0 Å². The van der Waals surface area contributed by atoms with Crippen molar-refractivity contribution in [3.8, 4) is 0 Å². The van der Waals surface area contributed by atoms with Crippen molar-refractivity contribution in [2.24, 2.45) is 5.73 Å². The maximum Gasteiger partial charge on any atom is 0.0599 e. The fraction of sp³-hybridized carbons (Fsp3) is 0.600. The van der Waals surface area contributed by atoms with Crippen molar-refractivity contribution in [3.05, 3.63) is 33.4 Å². The van der Waals surface area contributed by atoms with E-state index in [0.29, 0.717) is 24.7 Å². The van der Waals surface area contributed by atoms with Crippen LogP contribution in [0.4, 0.5) is 0 Å². The number of methoxy groups -OCH3 is 1. The lowest BCUT2D eigenvalue weighted by atomic mass is 9.95. The largest absolute Gasteiger partial charge is 0.381 e. The summed E-state index contributed by atoms with van der Waals surface area (Å²) in [5.41, 5.74) is 7.32. The Kier molecular flexibility index (Phi) is 5.62. The van der Waals surface area contributed by atoms with Gasteiger partial charge >= 0.3 is 0 Å². The first kappa shape index (κ1) is 15.2. The summed E-state index contributed by atoms with van der Waals surface area (Å²) >= 11 is 2.34. The number of benzene rings is 1. The maximum atomic E-state index is 5.95. The van der Waals surface area contributed by atoms with Crippen LogP contribution in [0, 0.1) is 3.57 Å². The van der Waals surface area contributed by atoms with Crippen LogP contribution in [0.3, 0.4) is 0 Å². The maximum absolute atomic E-state index is 5.95. The van der Waals surface area contributed by atoms with Gasteiger partial charge in [-0.1, -0.05) is 12.1 Å². The minimum Gasteiger partial charge on any atom is -0.381 e. The van der Waals surface area contributed by atoms with Gasteiger partial charge in [0.15, 0.2) is 0 Å². The third-order valence-electron chi connectivity index (χ3n) is 4.17. The van der Waals surface area contributed by atoms with Gasteiger partial charge in [-0.2, -0.15) is 0 Å². The van der Waals surface area contributed by atoms with E-state index in [4.69, 9.17) is 10.5 Å². The monoisotopic (exact) mass is 374 g/mol. The van der Waals surface area contributed by atoms with Gasteiger partial charge in [-0.25, -0.2) is 0 Å². The SMILES string of the molecule is COC1CCN(C(C)c2ccc(I)cc2)C(CN)C1. The number of hydrogen-bond donors (Lipinski definition) is 1. The van der Waals surface area contributed by atoms with Gasteiger partial charge in [0.05, 0.1) is 6.10 Å². The fourth-order valence-electron chi connectivity index (χ4n) is 2.92. The Morgan fingerprint density at radius 1 is 1.42 bits per heavy atom. The lowest BCUT2D eigenvalue weighted by Gasteiger charge is -2.42. The molecule has 1 aliphatic rings. The number of piperidine rings is 1. The average Bonchev–Trinajstić information content (AvgIpc) is 2.46. The van der Waals surface area contributed by atoms with Crippen LogP contribution in [0.25, 0.3) is 0 Å². The van der Waals surface area contributed by atoms with E-state index < -0.39 is 0 Å². The highest BCUT2D eigenvalue weighted by atomic mass is 127. The fourth-order valence-corrected chi connectivity index (χ4v) is 3.28. The Morgan fingerprint density at radius 3 is 2.68 bits per heavy atom. The van der Waals surface area contributed by atoms with Crippen molar-refractivity contribution in [2.75, 3.05) is 20.2 Å². The van der Waals surface area contributed by atoms with Crippen molar-refractivity contribution >= 4 is 22.6 Å². The van der Waals surface area contributed by atoms with Gasteiger partial charge in [0.2, 0.25) is 0 Å². The average molecular weight is 374 g/mol. The molecule has 106 valence electrons. The summed E-state index contributed by atoms with van der Waals surface area (Å²) < 4.78 is 6.77. The van der Waals surface area contributed by atoms with Gasteiger partial charge in [-0.3, -0.25) is 4.90 Å². The highest BCUT2D eigenvalue weighted by Crippen LogP contribution is 2.29. The molecule has 1 aromatic carbocycles. The smallest absolute Gasteiger partial charge is 0.0599 e. The van der Waals surface area contributed by atoms with Crippen LogP contribution in [-0.2, 0) is 4.74 Å². The van der Waals surface area contributed by atoms with Gasteiger partial charge in [0.1, 0.15) is 0 Å². The molecular weight excluding hydrogens is 351 g/mol. The van der Waals surface area contributed by atoms with Gasteiger partial charge in [0.25, 0.3) is 0 Å². The number of likely N-dealkylation sites (tertiary alicyclic amines) is 1. The molecule has 1 aromatic rings. The molecule has 2 rings (SSSR count). The van der Waals surface area contributed by atoms with Crippen molar-refractivity contribution in [1.29, 1.82) is 0 Å². The number of hydrogen-bond acceptors (Lipinski definition) is 3. The van der Waals surface area contributed by atoms with E-state index in [1.165, 1.54) is 9.13 Å². The summed E-state index contributed by atoms with van der Waals surface area (Å²) in [7, 11) is 1.80. The normalized spacial score (nSPS) is 26.3. The van der Waals surface area contributed by atoms with Crippen LogP contribution in [0.5, 0.6) is 0 Å². The quantitative estimate of drug-likeness (QED) is 0.824. The summed E-state index contributed by atoms with van der Waals surface area (Å²) in [5, 5.41) is 0. The molecule has 4 heteroatoms. The molecule has 0 spiro atoms. The highest BCUT2D eigenvalue weighted by molar-refractivity contribution is 14.1. The first-order valence-electron chi connectivity index (χ1n) is 6.89. The lowest BCUT2D eigenvalue weighted by Crippen LogP contribution is -2.49. The number of ether oxygens (including phenoxy) is 1. The van der Waals surface area contributed by atoms with E-state index in [1.807, 2.05) is 0 Å². The Labute approximate surface area is 129 Å². The molecule has 2 N–H and O–H groups in total. The van der Waals surface area contributed by atoms with Crippen LogP contribution in [0.1, 0.15) is 31.4 Å². The third-order valence-corrected chi connectivity index (χ3v) is 4.89. The molecule has 0 aromatic heterocycles. The molecule has 3 unspecified atom stereocenters. The molecule has 3 atom stereocenters. The minimum absolute atomic E-state index is 0.369. The van der Waals surface area contributed by atoms with Crippen molar-refractivity contribution in [2.45, 2.75) is 38.0 Å². The summed E-state index contributed by atoms with van der Waals surface area (Å²) in [6.45, 7) is 4.04. The molecule has 0 radical (unpaired) electrons. The summed E-state index contributed by atoms with van der Waals surface area (Å²) in [6.07, 6.45) is 2.51. The highest BCUT2D eigenvalue weighted by Gasteiger charge is 2.30. The summed E-state index contributed by atoms with van der Waals surface area (Å²) in [6, 6.07) is 9.64. The third kappa shape index (κ3) is 3.68. The van der Waals surface area contributed by atoms with E-state index in [2.05, 4.69) is 58.7 Å². The lowest BCUT2D eigenvalue weighted by molar-refractivity contribution is -0.00164. The van der Waals surface area contributed by atoms with Crippen molar-refractivity contribution in [1.82, 2.24) is 4.90 Å². The first-order valence-corrected chi connectivity index (χ1v) is 7.97. The van der Waals surface area contributed by atoms with Gasteiger partial charge in [-0.05, 0) is 60.1 Å². The summed E-state index contributed by atoms with van der Waals surface area (Å²) in [5.74, 6) is 0. The molecule has 19 heavy (non-hydrogen) atoms. The van der Waals surface area contributed by atoms with Crippen LogP contribution >= 0.6 is 22.6 Å². The second-order valence-corrected chi connectivity index (χ2v) is 6.48. The number of nitrogens with zero attached hydrogens (tertiary/aromatic N) is 1. The Morgan fingerprint density at radius 2 is 2.11 bits per heavy atom. The molecule has 1 aliphatic heterocycles. The zero-order valence-electron chi connectivity index (χ0n) is 11.7. The molecular formula is C15H23IN2O. The second kappa shape index (κ2) is 7.02. The number of halogens is 1. The van der Waals surface area contributed by atoms with Crippen LogP contribution in [0.15, 0.2) is 24.3 Å². The molecule has 0 saturated carbocycles. The predicted molar refractivity (Wildman–Crippen MR) is 87.2 cm³/mol.